The molecule has 2 aliphatic rings. The average Bonchev–Trinajstić information content (AvgIpc) is 3.32. The van der Waals surface area contributed by atoms with E-state index in [4.69, 9.17) is 14.6 Å². The first-order valence-corrected chi connectivity index (χ1v) is 10.8. The Morgan fingerprint density at radius 3 is 2.51 bits per heavy atom. The molecule has 35 heavy (non-hydrogen) atoms. The molecule has 2 aromatic heterocycles. The van der Waals surface area contributed by atoms with E-state index in [1.54, 1.807) is 21.5 Å². The zero-order valence-corrected chi connectivity index (χ0v) is 18.7. The Bertz CT molecular complexity index is 1040. The molecule has 1 spiro atoms. The third-order valence-electron chi connectivity index (χ3n) is 5.19. The monoisotopic (exact) mass is 527 g/mol. The maximum Gasteiger partial charge on any atom is 0.490 e. The molecule has 2 saturated heterocycles. The Morgan fingerprint density at radius 2 is 1.91 bits per heavy atom. The van der Waals surface area contributed by atoms with Gasteiger partial charge in [-0.05, 0) is 0 Å². The van der Waals surface area contributed by atoms with Crippen LogP contribution in [0, 0.1) is 5.41 Å². The summed E-state index contributed by atoms with van der Waals surface area (Å²) in [4.78, 5) is 37.4. The number of amides is 1. The van der Waals surface area contributed by atoms with Crippen molar-refractivity contribution in [2.75, 3.05) is 37.7 Å². The van der Waals surface area contributed by atoms with Crippen LogP contribution in [0.25, 0.3) is 0 Å². The molecule has 2 fully saturated rings. The van der Waals surface area contributed by atoms with E-state index in [-0.39, 0.29) is 11.7 Å². The fraction of sp³-hybridized carbons (Fsp3) is 0.526. The minimum atomic E-state index is -5.08. The zero-order chi connectivity index (χ0) is 25.9. The normalized spacial score (nSPS) is 21.0. The summed E-state index contributed by atoms with van der Waals surface area (Å²) in [6, 6.07) is 0.949. The van der Waals surface area contributed by atoms with Gasteiger partial charge >= 0.3 is 18.3 Å². The molecule has 0 bridgehead atoms. The van der Waals surface area contributed by atoms with Gasteiger partial charge in [0.05, 0.1) is 25.3 Å². The standard InChI is InChI=1S/C17H18F3N5O2S.C2HF3O2/c18-17(19,20)13-3-14(23-10-22-13)24-1-2-27-9-16(7-24)4-15(26)25(8-16)6-12-5-21-11-28-12;3-2(4,5)1(6)7/h3,5,10-11H,1-2,4,6-9H2;(H,6,7). The predicted octanol–water partition coefficient (Wildman–Crippen LogP) is 2.84. The van der Waals surface area contributed by atoms with Crippen molar-refractivity contribution < 1.29 is 45.8 Å². The maximum absolute atomic E-state index is 13.0. The van der Waals surface area contributed by atoms with Gasteiger partial charge in [0.2, 0.25) is 5.91 Å². The number of carbonyl (C=O) groups excluding carboxylic acids is 1. The number of alkyl halides is 6. The first-order valence-electron chi connectivity index (χ1n) is 9.96. The summed E-state index contributed by atoms with van der Waals surface area (Å²) in [7, 11) is 0. The van der Waals surface area contributed by atoms with Gasteiger partial charge in [0.25, 0.3) is 0 Å². The molecule has 2 aliphatic heterocycles. The Morgan fingerprint density at radius 1 is 1.20 bits per heavy atom. The number of halogens is 6. The second-order valence-corrected chi connectivity index (χ2v) is 8.90. The lowest BCUT2D eigenvalue weighted by atomic mass is 9.87. The lowest BCUT2D eigenvalue weighted by Gasteiger charge is -2.32. The summed E-state index contributed by atoms with van der Waals surface area (Å²) < 4.78 is 76.5. The van der Waals surface area contributed by atoms with Gasteiger partial charge in [-0.25, -0.2) is 14.8 Å². The van der Waals surface area contributed by atoms with Crippen LogP contribution >= 0.6 is 11.3 Å². The van der Waals surface area contributed by atoms with E-state index in [9.17, 15) is 31.1 Å². The molecule has 4 rings (SSSR count). The van der Waals surface area contributed by atoms with Crippen LogP contribution < -0.4 is 4.90 Å². The zero-order valence-electron chi connectivity index (χ0n) is 17.8. The van der Waals surface area contributed by atoms with Gasteiger partial charge in [-0.3, -0.25) is 9.78 Å². The third kappa shape index (κ3) is 7.00. The molecule has 1 atom stereocenters. The summed E-state index contributed by atoms with van der Waals surface area (Å²) in [5, 5.41) is 7.12. The third-order valence-corrected chi connectivity index (χ3v) is 5.95. The number of anilines is 1. The van der Waals surface area contributed by atoms with E-state index in [1.165, 1.54) is 11.3 Å². The summed E-state index contributed by atoms with van der Waals surface area (Å²) >= 11 is 1.48. The minimum absolute atomic E-state index is 0.0116. The molecule has 4 heterocycles. The number of likely N-dealkylation sites (tertiary alicyclic amines) is 1. The summed E-state index contributed by atoms with van der Waals surface area (Å²) in [5.74, 6) is -2.55. The maximum atomic E-state index is 13.0. The molecule has 9 nitrogen and oxygen atoms in total. The van der Waals surface area contributed by atoms with Crippen molar-refractivity contribution in [1.29, 1.82) is 0 Å². The lowest BCUT2D eigenvalue weighted by molar-refractivity contribution is -0.192. The number of rotatable bonds is 3. The van der Waals surface area contributed by atoms with Gasteiger partial charge in [0.15, 0.2) is 0 Å². The van der Waals surface area contributed by atoms with Crippen molar-refractivity contribution in [3.8, 4) is 0 Å². The van der Waals surface area contributed by atoms with Gasteiger partial charge in [-0.15, -0.1) is 11.3 Å². The van der Waals surface area contributed by atoms with Crippen LogP contribution in [0.4, 0.5) is 32.2 Å². The van der Waals surface area contributed by atoms with Crippen LogP contribution in [0.15, 0.2) is 24.1 Å². The number of thiazole rings is 1. The van der Waals surface area contributed by atoms with E-state index >= 15 is 0 Å². The lowest BCUT2D eigenvalue weighted by Crippen LogP contribution is -2.41. The highest BCUT2D eigenvalue weighted by Crippen LogP contribution is 2.37. The van der Waals surface area contributed by atoms with E-state index < -0.39 is 29.4 Å². The molecule has 2 aromatic rings. The number of aliphatic carboxylic acids is 1. The van der Waals surface area contributed by atoms with Crippen molar-refractivity contribution >= 4 is 29.0 Å². The van der Waals surface area contributed by atoms with Crippen LogP contribution in [0.3, 0.4) is 0 Å². The molecule has 0 saturated carbocycles. The highest BCUT2D eigenvalue weighted by Gasteiger charge is 2.46. The van der Waals surface area contributed by atoms with Crippen molar-refractivity contribution in [3.05, 3.63) is 34.7 Å². The molecule has 1 unspecified atom stereocenters. The largest absolute Gasteiger partial charge is 0.490 e. The molecule has 1 N–H and O–H groups in total. The van der Waals surface area contributed by atoms with Crippen molar-refractivity contribution in [2.45, 2.75) is 25.3 Å². The Kier molecular flexibility index (Phi) is 7.83. The SMILES string of the molecule is O=C(O)C(F)(F)F.O=C1CC2(COCCN(c3cc(C(F)(F)F)ncn3)C2)CN1Cc1cncs1. The number of ether oxygens (including phenoxy) is 1. The van der Waals surface area contributed by atoms with Crippen LogP contribution in [0.5, 0.6) is 0 Å². The highest BCUT2D eigenvalue weighted by molar-refractivity contribution is 7.09. The number of aromatic nitrogens is 3. The van der Waals surface area contributed by atoms with E-state index in [0.717, 1.165) is 17.3 Å². The average molecular weight is 527 g/mol. The molecule has 0 aliphatic carbocycles. The molecule has 1 amide bonds. The number of carbonyl (C=O) groups is 2. The van der Waals surface area contributed by atoms with E-state index in [0.29, 0.717) is 45.8 Å². The van der Waals surface area contributed by atoms with Crippen LogP contribution in [-0.4, -0.2) is 75.9 Å². The molecule has 0 aromatic carbocycles. The summed E-state index contributed by atoms with van der Waals surface area (Å²) in [6.07, 6.45) is -6.67. The first kappa shape index (κ1) is 26.6. The Hall–Kier alpha value is -3.01. The van der Waals surface area contributed by atoms with Crippen LogP contribution in [0.1, 0.15) is 17.0 Å². The van der Waals surface area contributed by atoms with Gasteiger partial charge in [0.1, 0.15) is 17.8 Å². The number of hydrogen-bond acceptors (Lipinski definition) is 8. The predicted molar refractivity (Wildman–Crippen MR) is 108 cm³/mol. The van der Waals surface area contributed by atoms with Gasteiger partial charge in [0, 0.05) is 48.6 Å². The number of hydrogen-bond donors (Lipinski definition) is 1. The smallest absolute Gasteiger partial charge is 0.475 e. The van der Waals surface area contributed by atoms with Gasteiger partial charge in [-0.1, -0.05) is 0 Å². The Balaban J connectivity index is 0.000000429. The Labute approximate surface area is 198 Å². The topological polar surface area (TPSA) is 109 Å². The van der Waals surface area contributed by atoms with Crippen LogP contribution in [-0.2, 0) is 27.0 Å². The highest BCUT2D eigenvalue weighted by atomic mass is 32.1. The number of nitrogens with zero attached hydrogens (tertiary/aromatic N) is 5. The molecule has 192 valence electrons. The first-order chi connectivity index (χ1) is 16.3. The second-order valence-electron chi connectivity index (χ2n) is 7.93. The number of carboxylic acid groups (broad SMARTS) is 1. The summed E-state index contributed by atoms with van der Waals surface area (Å²) in [6.45, 7) is 2.50. The molecule has 0 radical (unpaired) electrons. The van der Waals surface area contributed by atoms with E-state index in [2.05, 4.69) is 15.0 Å². The van der Waals surface area contributed by atoms with Gasteiger partial charge < -0.3 is 19.6 Å². The summed E-state index contributed by atoms with van der Waals surface area (Å²) in [5.41, 5.74) is 0.253. The molecule has 16 heteroatoms. The molecular weight excluding hydrogens is 508 g/mol. The van der Waals surface area contributed by atoms with Crippen molar-refractivity contribution in [1.82, 2.24) is 19.9 Å². The minimum Gasteiger partial charge on any atom is -0.475 e. The van der Waals surface area contributed by atoms with Crippen molar-refractivity contribution in [3.63, 3.8) is 0 Å². The van der Waals surface area contributed by atoms with Crippen molar-refractivity contribution in [2.24, 2.45) is 5.41 Å². The fourth-order valence-electron chi connectivity index (χ4n) is 3.70. The van der Waals surface area contributed by atoms with E-state index in [1.807, 2.05) is 0 Å². The second kappa shape index (κ2) is 10.3. The molecular formula is C19H19F6N5O4S. The van der Waals surface area contributed by atoms with Crippen LogP contribution in [0.2, 0.25) is 0 Å². The van der Waals surface area contributed by atoms with Gasteiger partial charge in [-0.2, -0.15) is 26.3 Å². The fourth-order valence-corrected chi connectivity index (χ4v) is 4.31. The number of carboxylic acids is 1. The quantitative estimate of drug-likeness (QED) is 0.608.